The molecule has 0 spiro atoms. The lowest BCUT2D eigenvalue weighted by Crippen LogP contribution is -2.32. The first-order valence-electron chi connectivity index (χ1n) is 5.12. The fraction of sp³-hybridized carbons (Fsp3) is 0.556. The molecule has 0 radical (unpaired) electrons. The quantitative estimate of drug-likeness (QED) is 0.741. The predicted octanol–water partition coefficient (Wildman–Crippen LogP) is 2.75. The molecule has 106 valence electrons. The van der Waals surface area contributed by atoms with Crippen LogP contribution in [0.5, 0.6) is 0 Å². The first-order valence-corrected chi connectivity index (χ1v) is 8.18. The van der Waals surface area contributed by atoms with Gasteiger partial charge in [0.15, 0.2) is 0 Å². The van der Waals surface area contributed by atoms with E-state index in [2.05, 4.69) is 10.0 Å². The van der Waals surface area contributed by atoms with Gasteiger partial charge >= 0.3 is 0 Å². The molecule has 0 atom stereocenters. The lowest BCUT2D eigenvalue weighted by molar-refractivity contribution is 0.576. The third-order valence-electron chi connectivity index (χ3n) is 1.94. The molecule has 1 rings (SSSR count). The number of rotatable bonds is 7. The molecule has 0 aromatic carbocycles. The molecular formula is C9H15Cl3N2O2S2. The van der Waals surface area contributed by atoms with Gasteiger partial charge in [-0.3, -0.25) is 0 Å². The number of sulfonamides is 1. The summed E-state index contributed by atoms with van der Waals surface area (Å²) in [7, 11) is -3.55. The molecular weight excluding hydrogens is 339 g/mol. The lowest BCUT2D eigenvalue weighted by atomic mass is 10.5. The van der Waals surface area contributed by atoms with Crippen LogP contribution in [0.25, 0.3) is 0 Å². The highest BCUT2D eigenvalue weighted by molar-refractivity contribution is 7.89. The molecule has 2 N–H and O–H groups in total. The van der Waals surface area contributed by atoms with Gasteiger partial charge in [-0.05, 0) is 19.0 Å². The number of halogens is 3. The fourth-order valence-electron chi connectivity index (χ4n) is 1.16. The summed E-state index contributed by atoms with van der Waals surface area (Å²) in [5.41, 5.74) is 0. The summed E-state index contributed by atoms with van der Waals surface area (Å²) in [4.78, 5) is 0.0460. The Balaban J connectivity index is 0.00000289. The third kappa shape index (κ3) is 5.61. The van der Waals surface area contributed by atoms with Gasteiger partial charge < -0.3 is 5.32 Å². The highest BCUT2D eigenvalue weighted by atomic mass is 35.5. The monoisotopic (exact) mass is 352 g/mol. The fourth-order valence-corrected chi connectivity index (χ4v) is 4.34. The first kappa shape index (κ1) is 18.4. The number of hydrogen-bond donors (Lipinski definition) is 2. The average molecular weight is 354 g/mol. The maximum absolute atomic E-state index is 11.8. The van der Waals surface area contributed by atoms with Crippen LogP contribution in [0.2, 0.25) is 8.67 Å². The molecule has 1 aromatic rings. The SMILES string of the molecule is CCCNCCNS(=O)(=O)c1cc(Cl)sc1Cl.Cl. The zero-order valence-electron chi connectivity index (χ0n) is 9.70. The minimum absolute atomic E-state index is 0. The summed E-state index contributed by atoms with van der Waals surface area (Å²) in [5.74, 6) is 0. The summed E-state index contributed by atoms with van der Waals surface area (Å²) in [6.07, 6.45) is 1.01. The maximum atomic E-state index is 11.8. The van der Waals surface area contributed by atoms with Crippen LogP contribution >= 0.6 is 46.9 Å². The molecule has 0 amide bonds. The van der Waals surface area contributed by atoms with Gasteiger partial charge in [-0.15, -0.1) is 23.7 Å². The largest absolute Gasteiger partial charge is 0.315 e. The average Bonchev–Trinajstić information content (AvgIpc) is 2.58. The Morgan fingerprint density at radius 1 is 1.28 bits per heavy atom. The van der Waals surface area contributed by atoms with Crippen molar-refractivity contribution in [2.75, 3.05) is 19.6 Å². The Hall–Kier alpha value is 0.440. The summed E-state index contributed by atoms with van der Waals surface area (Å²) in [6, 6.07) is 1.36. The van der Waals surface area contributed by atoms with Crippen molar-refractivity contribution < 1.29 is 8.42 Å². The second-order valence-electron chi connectivity index (χ2n) is 3.34. The Morgan fingerprint density at radius 3 is 2.44 bits per heavy atom. The van der Waals surface area contributed by atoms with Crippen molar-refractivity contribution >= 4 is 57.0 Å². The van der Waals surface area contributed by atoms with Crippen molar-refractivity contribution in [2.45, 2.75) is 18.2 Å². The van der Waals surface area contributed by atoms with Crippen LogP contribution in [0, 0.1) is 0 Å². The van der Waals surface area contributed by atoms with Gasteiger partial charge in [-0.1, -0.05) is 30.1 Å². The molecule has 0 aliphatic carbocycles. The van der Waals surface area contributed by atoms with Gasteiger partial charge in [0.25, 0.3) is 0 Å². The molecule has 18 heavy (non-hydrogen) atoms. The second kappa shape index (κ2) is 8.58. The lowest BCUT2D eigenvalue weighted by Gasteiger charge is -2.06. The van der Waals surface area contributed by atoms with Gasteiger partial charge in [-0.25, -0.2) is 13.1 Å². The van der Waals surface area contributed by atoms with E-state index in [1.807, 2.05) is 6.92 Å². The van der Waals surface area contributed by atoms with Crippen molar-refractivity contribution in [3.63, 3.8) is 0 Å². The molecule has 0 unspecified atom stereocenters. The van der Waals surface area contributed by atoms with E-state index in [1.54, 1.807) is 0 Å². The van der Waals surface area contributed by atoms with Crippen molar-refractivity contribution in [1.29, 1.82) is 0 Å². The van der Waals surface area contributed by atoms with Gasteiger partial charge in [0.05, 0.1) is 4.34 Å². The Labute approximate surface area is 128 Å². The van der Waals surface area contributed by atoms with E-state index in [1.165, 1.54) is 6.07 Å². The van der Waals surface area contributed by atoms with Crippen LogP contribution in [0.15, 0.2) is 11.0 Å². The number of hydrogen-bond acceptors (Lipinski definition) is 4. The van der Waals surface area contributed by atoms with E-state index in [4.69, 9.17) is 23.2 Å². The van der Waals surface area contributed by atoms with Crippen molar-refractivity contribution in [2.24, 2.45) is 0 Å². The van der Waals surface area contributed by atoms with Crippen molar-refractivity contribution in [3.05, 3.63) is 14.7 Å². The van der Waals surface area contributed by atoms with Gasteiger partial charge in [-0.2, -0.15) is 0 Å². The van der Waals surface area contributed by atoms with Gasteiger partial charge in [0.2, 0.25) is 10.0 Å². The highest BCUT2D eigenvalue weighted by Gasteiger charge is 2.20. The molecule has 1 aromatic heterocycles. The smallest absolute Gasteiger partial charge is 0.243 e. The number of thiophene rings is 1. The third-order valence-corrected chi connectivity index (χ3v) is 5.15. The molecule has 0 aliphatic heterocycles. The summed E-state index contributed by atoms with van der Waals surface area (Å²) < 4.78 is 26.7. The Bertz CT molecular complexity index is 462. The van der Waals surface area contributed by atoms with Crippen LogP contribution in [-0.4, -0.2) is 28.1 Å². The van der Waals surface area contributed by atoms with Crippen LogP contribution in [0.3, 0.4) is 0 Å². The molecule has 1 heterocycles. The van der Waals surface area contributed by atoms with Crippen LogP contribution < -0.4 is 10.0 Å². The minimum Gasteiger partial charge on any atom is -0.315 e. The summed E-state index contributed by atoms with van der Waals surface area (Å²) in [6.45, 7) is 3.83. The normalized spacial score (nSPS) is 11.3. The summed E-state index contributed by atoms with van der Waals surface area (Å²) >= 11 is 12.5. The van der Waals surface area contributed by atoms with E-state index in [0.29, 0.717) is 17.4 Å². The standard InChI is InChI=1S/C9H14Cl2N2O2S2.ClH/c1-2-3-12-4-5-13-17(14,15)7-6-8(10)16-9(7)11;/h6,12-13H,2-5H2,1H3;1H. The van der Waals surface area contributed by atoms with E-state index >= 15 is 0 Å². The van der Waals surface area contributed by atoms with Crippen LogP contribution in [-0.2, 0) is 10.0 Å². The molecule has 0 bridgehead atoms. The minimum atomic E-state index is -3.55. The van der Waals surface area contributed by atoms with Crippen LogP contribution in [0.4, 0.5) is 0 Å². The van der Waals surface area contributed by atoms with Gasteiger partial charge in [0, 0.05) is 13.1 Å². The maximum Gasteiger partial charge on any atom is 0.243 e. The van der Waals surface area contributed by atoms with E-state index in [9.17, 15) is 8.42 Å². The molecule has 0 fully saturated rings. The second-order valence-corrected chi connectivity index (χ2v) is 7.36. The molecule has 0 saturated carbocycles. The highest BCUT2D eigenvalue weighted by Crippen LogP contribution is 2.33. The zero-order valence-corrected chi connectivity index (χ0v) is 13.7. The molecule has 0 aliphatic rings. The topological polar surface area (TPSA) is 58.2 Å². The molecule has 9 heteroatoms. The Kier molecular flexibility index (Phi) is 8.79. The first-order chi connectivity index (χ1) is 7.97. The van der Waals surface area contributed by atoms with E-state index in [0.717, 1.165) is 24.3 Å². The van der Waals surface area contributed by atoms with Crippen molar-refractivity contribution in [1.82, 2.24) is 10.0 Å². The predicted molar refractivity (Wildman–Crippen MR) is 79.9 cm³/mol. The molecule has 0 saturated heterocycles. The summed E-state index contributed by atoms with van der Waals surface area (Å²) in [5, 5.41) is 3.10. The van der Waals surface area contributed by atoms with Gasteiger partial charge in [0.1, 0.15) is 9.23 Å². The zero-order chi connectivity index (χ0) is 12.9. The number of nitrogens with one attached hydrogen (secondary N) is 2. The van der Waals surface area contributed by atoms with E-state index in [-0.39, 0.29) is 21.6 Å². The van der Waals surface area contributed by atoms with E-state index < -0.39 is 10.0 Å². The van der Waals surface area contributed by atoms with Crippen molar-refractivity contribution in [3.8, 4) is 0 Å². The molecule has 4 nitrogen and oxygen atoms in total. The Morgan fingerprint density at radius 2 is 1.94 bits per heavy atom. The van der Waals surface area contributed by atoms with Crippen LogP contribution in [0.1, 0.15) is 13.3 Å².